The van der Waals surface area contributed by atoms with Gasteiger partial charge in [0.1, 0.15) is 29.6 Å². The van der Waals surface area contributed by atoms with Gasteiger partial charge in [-0.05, 0) is 5.21 Å². The number of thiazole rings is 1. The summed E-state index contributed by atoms with van der Waals surface area (Å²) in [4.78, 5) is 48.2. The zero-order chi connectivity index (χ0) is 23.8. The molecular formula is C16H19N9O5S3. The molecule has 4 rings (SSSR count). The average molecular weight is 514 g/mol. The van der Waals surface area contributed by atoms with Crippen LogP contribution in [-0.2, 0) is 19.2 Å². The van der Waals surface area contributed by atoms with Crippen LogP contribution in [0.15, 0.2) is 15.7 Å². The van der Waals surface area contributed by atoms with Gasteiger partial charge in [0.2, 0.25) is 11.1 Å². The van der Waals surface area contributed by atoms with Crippen molar-refractivity contribution in [2.45, 2.75) is 28.7 Å². The van der Waals surface area contributed by atoms with Gasteiger partial charge in [0, 0.05) is 22.9 Å². The number of H-pyrrole nitrogens is 1. The molecule has 0 bridgehead atoms. The second-order valence-electron chi connectivity index (χ2n) is 7.23. The lowest BCUT2D eigenvalue weighted by atomic mass is 9.84. The van der Waals surface area contributed by atoms with Crippen molar-refractivity contribution < 1.29 is 24.3 Å². The molecule has 2 aromatic rings. The molecule has 0 saturated carbocycles. The van der Waals surface area contributed by atoms with Crippen LogP contribution in [0.4, 0.5) is 5.13 Å². The van der Waals surface area contributed by atoms with E-state index in [1.807, 2.05) is 0 Å². The van der Waals surface area contributed by atoms with E-state index in [0.717, 1.165) is 11.3 Å². The van der Waals surface area contributed by atoms with Gasteiger partial charge in [-0.1, -0.05) is 23.8 Å². The number of tetrazole rings is 1. The fourth-order valence-corrected chi connectivity index (χ4v) is 6.82. The standard InChI is InChI=1S/C16H19N9O5S3/c1-6(33-15-20-23-24-21-15)16(13(28)29)4-25-11(27)9(12(25)32-5-16)19-10(26)8(22-30-2)7-3-31-14(17)18-7/h3,6,9,12H,4-5H2,1-2H3,(H2,17,18)(H,19,26)(H,28,29)(H,20,21,23,24)/t6?,9?,12-,16?/m1/s1. The number of hydrogen-bond acceptors (Lipinski definition) is 13. The Balaban J connectivity index is 1.46. The van der Waals surface area contributed by atoms with Crippen LogP contribution in [0.5, 0.6) is 0 Å². The van der Waals surface area contributed by atoms with Crippen molar-refractivity contribution in [3.05, 3.63) is 11.1 Å². The largest absolute Gasteiger partial charge is 0.481 e. The van der Waals surface area contributed by atoms with E-state index in [9.17, 15) is 19.5 Å². The summed E-state index contributed by atoms with van der Waals surface area (Å²) in [6, 6.07) is -0.826. The zero-order valence-electron chi connectivity index (χ0n) is 17.3. The Hall–Kier alpha value is -2.92. The van der Waals surface area contributed by atoms with Gasteiger partial charge in [-0.2, -0.15) is 5.21 Å². The molecule has 3 unspecified atom stereocenters. The van der Waals surface area contributed by atoms with Gasteiger partial charge in [-0.3, -0.25) is 14.4 Å². The highest BCUT2D eigenvalue weighted by molar-refractivity contribution is 8.01. The predicted molar refractivity (Wildman–Crippen MR) is 120 cm³/mol. The van der Waals surface area contributed by atoms with Crippen LogP contribution in [0.2, 0.25) is 0 Å². The SMILES string of the molecule is CON=C(C(=O)NC1C(=O)N2CC(C(=O)O)(C(C)Sc3nn[nH]n3)CS[C@H]12)c1csc(N)n1. The molecule has 14 nitrogen and oxygen atoms in total. The van der Waals surface area contributed by atoms with Gasteiger partial charge < -0.3 is 25.9 Å². The first kappa shape index (κ1) is 23.2. The maximum absolute atomic E-state index is 12.9. The molecule has 5 N–H and O–H groups in total. The molecule has 2 amide bonds. The summed E-state index contributed by atoms with van der Waals surface area (Å²) >= 11 is 3.60. The Kier molecular flexibility index (Phi) is 6.44. The molecule has 0 spiro atoms. The topological polar surface area (TPSA) is 202 Å². The average Bonchev–Trinajstić information content (AvgIpc) is 3.46. The molecule has 2 aromatic heterocycles. The molecule has 176 valence electrons. The van der Waals surface area contributed by atoms with Gasteiger partial charge in [0.05, 0.1) is 0 Å². The number of fused-ring (bicyclic) bond motifs is 1. The van der Waals surface area contributed by atoms with Crippen LogP contribution < -0.4 is 11.1 Å². The number of carbonyl (C=O) groups excluding carboxylic acids is 2. The number of oxime groups is 1. The predicted octanol–water partition coefficient (Wildman–Crippen LogP) is -0.759. The number of hydrogen-bond donors (Lipinski definition) is 4. The highest BCUT2D eigenvalue weighted by Crippen LogP contribution is 2.47. The molecule has 2 aliphatic heterocycles. The first-order valence-corrected chi connectivity index (χ1v) is 12.3. The molecule has 2 aliphatic rings. The fourth-order valence-electron chi connectivity index (χ4n) is 3.52. The van der Waals surface area contributed by atoms with Crippen LogP contribution in [0, 0.1) is 5.41 Å². The molecule has 4 atom stereocenters. The monoisotopic (exact) mass is 513 g/mol. The number of aromatic amines is 1. The lowest BCUT2D eigenvalue weighted by Crippen LogP contribution is -2.74. The van der Waals surface area contributed by atoms with Crippen LogP contribution in [-0.4, -0.2) is 95.2 Å². The molecule has 33 heavy (non-hydrogen) atoms. The second kappa shape index (κ2) is 9.14. The normalized spacial score (nSPS) is 25.7. The van der Waals surface area contributed by atoms with Crippen molar-refractivity contribution in [2.24, 2.45) is 10.6 Å². The van der Waals surface area contributed by atoms with E-state index in [0.29, 0.717) is 5.16 Å². The third kappa shape index (κ3) is 4.22. The summed E-state index contributed by atoms with van der Waals surface area (Å²) in [5.74, 6) is -1.81. The summed E-state index contributed by atoms with van der Waals surface area (Å²) in [6.07, 6.45) is 0. The number of amides is 2. The number of nitrogens with zero attached hydrogens (tertiary/aromatic N) is 6. The van der Waals surface area contributed by atoms with Gasteiger partial charge in [0.25, 0.3) is 5.91 Å². The van der Waals surface area contributed by atoms with Gasteiger partial charge in [0.15, 0.2) is 10.8 Å². The van der Waals surface area contributed by atoms with Gasteiger partial charge >= 0.3 is 5.97 Å². The number of aliphatic carboxylic acids is 1. The number of nitrogens with two attached hydrogens (primary N) is 1. The Morgan fingerprint density at radius 2 is 2.33 bits per heavy atom. The Bertz CT molecular complexity index is 1090. The first-order valence-electron chi connectivity index (χ1n) is 9.46. The Morgan fingerprint density at radius 3 is 2.94 bits per heavy atom. The number of nitrogen functional groups attached to an aromatic ring is 1. The number of rotatable bonds is 8. The van der Waals surface area contributed by atoms with E-state index in [-0.39, 0.29) is 34.7 Å². The van der Waals surface area contributed by atoms with Gasteiger partial charge in [-0.25, -0.2) is 4.98 Å². The quantitative estimate of drug-likeness (QED) is 0.149. The van der Waals surface area contributed by atoms with E-state index in [1.54, 1.807) is 12.3 Å². The number of anilines is 1. The van der Waals surface area contributed by atoms with E-state index >= 15 is 0 Å². The summed E-state index contributed by atoms with van der Waals surface area (Å²) in [5.41, 5.74) is 4.53. The second-order valence-corrected chi connectivity index (χ2v) is 10.5. The van der Waals surface area contributed by atoms with Crippen molar-refractivity contribution in [3.63, 3.8) is 0 Å². The summed E-state index contributed by atoms with van der Waals surface area (Å²) in [5, 5.41) is 31.2. The third-order valence-electron chi connectivity index (χ3n) is 5.37. The minimum Gasteiger partial charge on any atom is -0.481 e. The Labute approximate surface area is 199 Å². The summed E-state index contributed by atoms with van der Waals surface area (Å²) in [7, 11) is 1.29. The number of β-lactam (4-membered cyclic amide) rings is 1. The van der Waals surface area contributed by atoms with Crippen LogP contribution >= 0.6 is 34.9 Å². The van der Waals surface area contributed by atoms with Crippen molar-refractivity contribution >= 4 is 63.5 Å². The van der Waals surface area contributed by atoms with E-state index in [4.69, 9.17) is 10.6 Å². The lowest BCUT2D eigenvalue weighted by Gasteiger charge is -2.54. The number of carboxylic acids is 1. The number of carbonyl (C=O) groups is 3. The number of thioether (sulfide) groups is 2. The zero-order valence-corrected chi connectivity index (χ0v) is 19.7. The molecule has 17 heteroatoms. The fraction of sp³-hybridized carbons (Fsp3) is 0.500. The highest BCUT2D eigenvalue weighted by Gasteiger charge is 2.59. The van der Waals surface area contributed by atoms with Crippen molar-refractivity contribution in [3.8, 4) is 0 Å². The summed E-state index contributed by atoms with van der Waals surface area (Å²) < 4.78 is 0. The molecule has 4 heterocycles. The maximum atomic E-state index is 12.9. The van der Waals surface area contributed by atoms with E-state index in [1.165, 1.54) is 35.5 Å². The number of carboxylic acid groups (broad SMARTS) is 1. The number of nitrogens with one attached hydrogen (secondary N) is 2. The third-order valence-corrected chi connectivity index (χ3v) is 8.78. The molecule has 0 radical (unpaired) electrons. The van der Waals surface area contributed by atoms with Crippen LogP contribution in [0.3, 0.4) is 0 Å². The Morgan fingerprint density at radius 1 is 1.55 bits per heavy atom. The molecular weight excluding hydrogens is 494 g/mol. The molecule has 2 fully saturated rings. The van der Waals surface area contributed by atoms with E-state index in [2.05, 4.69) is 36.1 Å². The van der Waals surface area contributed by atoms with Crippen LogP contribution in [0.1, 0.15) is 12.6 Å². The van der Waals surface area contributed by atoms with Crippen molar-refractivity contribution in [1.82, 2.24) is 35.8 Å². The summed E-state index contributed by atoms with van der Waals surface area (Å²) in [6.45, 7) is 1.76. The molecule has 0 aliphatic carbocycles. The van der Waals surface area contributed by atoms with Crippen LogP contribution in [0.25, 0.3) is 0 Å². The highest BCUT2D eigenvalue weighted by atomic mass is 32.2. The minimum atomic E-state index is -1.22. The molecule has 2 saturated heterocycles. The van der Waals surface area contributed by atoms with Gasteiger partial charge in [-0.15, -0.1) is 33.3 Å². The van der Waals surface area contributed by atoms with E-state index < -0.39 is 34.0 Å². The molecule has 0 aromatic carbocycles. The smallest absolute Gasteiger partial charge is 0.313 e. The van der Waals surface area contributed by atoms with Crippen molar-refractivity contribution in [1.29, 1.82) is 0 Å². The maximum Gasteiger partial charge on any atom is 0.313 e. The number of aromatic nitrogens is 5. The minimum absolute atomic E-state index is 0.00113. The lowest BCUT2D eigenvalue weighted by molar-refractivity contribution is -0.158. The first-order chi connectivity index (χ1) is 15.8. The van der Waals surface area contributed by atoms with Crippen molar-refractivity contribution in [2.75, 3.05) is 25.1 Å².